The number of nitrogens with zero attached hydrogens (tertiary/aromatic N) is 2. The average Bonchev–Trinajstić information content (AvgIpc) is 3.35. The first-order valence-corrected chi connectivity index (χ1v) is 13.1. The van der Waals surface area contributed by atoms with Gasteiger partial charge in [-0.15, -0.1) is 0 Å². The molecule has 5 heteroatoms. The lowest BCUT2D eigenvalue weighted by atomic mass is 10.0. The molecule has 1 aromatic heterocycles. The lowest BCUT2D eigenvalue weighted by molar-refractivity contribution is -0.135. The van der Waals surface area contributed by atoms with E-state index >= 15 is 0 Å². The molecule has 0 unspecified atom stereocenters. The zero-order chi connectivity index (χ0) is 25.7. The lowest BCUT2D eigenvalue weighted by Crippen LogP contribution is -2.46. The van der Waals surface area contributed by atoms with Crippen LogP contribution in [0.2, 0.25) is 0 Å². The molecular formula is C33H31N3O2. The summed E-state index contributed by atoms with van der Waals surface area (Å²) in [6.45, 7) is 1.83. The number of rotatable bonds is 4. The zero-order valence-electron chi connectivity index (χ0n) is 21.3. The van der Waals surface area contributed by atoms with Crippen molar-refractivity contribution in [2.45, 2.75) is 32.1 Å². The number of nitrogens with one attached hydrogen (secondary N) is 1. The lowest BCUT2D eigenvalue weighted by Gasteiger charge is -2.33. The van der Waals surface area contributed by atoms with Crippen molar-refractivity contribution >= 4 is 22.5 Å². The van der Waals surface area contributed by atoms with E-state index in [9.17, 15) is 4.79 Å². The monoisotopic (exact) mass is 501 g/mol. The van der Waals surface area contributed by atoms with Crippen LogP contribution in [0.1, 0.15) is 16.7 Å². The first kappa shape index (κ1) is 23.9. The summed E-state index contributed by atoms with van der Waals surface area (Å²) in [5, 5.41) is 4.72. The Morgan fingerprint density at radius 3 is 2.45 bits per heavy atom. The van der Waals surface area contributed by atoms with Gasteiger partial charge < -0.3 is 19.5 Å². The van der Waals surface area contributed by atoms with Crippen molar-refractivity contribution in [3.8, 4) is 5.75 Å². The predicted molar refractivity (Wildman–Crippen MR) is 152 cm³/mol. The SMILES string of the molecule is O=C(Cn1ccc2ccccc21)N1Cc2ccccc2NCc2ccccc2OC[C@@H]1Cc1ccccc1. The van der Waals surface area contributed by atoms with Gasteiger partial charge in [-0.3, -0.25) is 4.79 Å². The van der Waals surface area contributed by atoms with Crippen molar-refractivity contribution in [3.05, 3.63) is 132 Å². The predicted octanol–water partition coefficient (Wildman–Crippen LogP) is 6.29. The number of ether oxygens (including phenoxy) is 1. The van der Waals surface area contributed by atoms with Crippen molar-refractivity contribution < 1.29 is 9.53 Å². The van der Waals surface area contributed by atoms with Gasteiger partial charge in [0.15, 0.2) is 0 Å². The standard InChI is InChI=1S/C33H31N3O2/c37-33(23-35-19-18-26-12-5-8-16-31(26)35)36-22-28-14-4-7-15-30(28)34-21-27-13-6-9-17-32(27)38-24-29(36)20-25-10-2-1-3-11-25/h1-19,29,34H,20-24H2/t29-/m0/s1. The molecule has 4 aromatic carbocycles. The Kier molecular flexibility index (Phi) is 6.81. The Balaban J connectivity index is 1.40. The van der Waals surface area contributed by atoms with Crippen molar-refractivity contribution in [3.63, 3.8) is 0 Å². The summed E-state index contributed by atoms with van der Waals surface area (Å²) >= 11 is 0. The van der Waals surface area contributed by atoms with Crippen molar-refractivity contribution in [2.75, 3.05) is 11.9 Å². The molecule has 38 heavy (non-hydrogen) atoms. The Morgan fingerprint density at radius 2 is 1.55 bits per heavy atom. The first-order chi connectivity index (χ1) is 18.7. The highest BCUT2D eigenvalue weighted by Gasteiger charge is 2.27. The summed E-state index contributed by atoms with van der Waals surface area (Å²) in [6, 6.07) is 36.9. The van der Waals surface area contributed by atoms with Gasteiger partial charge in [-0.25, -0.2) is 0 Å². The van der Waals surface area contributed by atoms with E-state index in [2.05, 4.69) is 53.8 Å². The minimum atomic E-state index is -0.147. The van der Waals surface area contributed by atoms with Gasteiger partial charge in [0.2, 0.25) is 5.91 Å². The van der Waals surface area contributed by atoms with E-state index in [1.807, 2.05) is 76.3 Å². The van der Waals surface area contributed by atoms with Gasteiger partial charge in [-0.1, -0.05) is 84.9 Å². The van der Waals surface area contributed by atoms with E-state index in [1.165, 1.54) is 5.56 Å². The molecule has 0 fully saturated rings. The molecule has 0 radical (unpaired) electrons. The van der Waals surface area contributed by atoms with Crippen LogP contribution in [-0.4, -0.2) is 28.0 Å². The maximum absolute atomic E-state index is 14.1. The third-order valence-electron chi connectivity index (χ3n) is 7.29. The van der Waals surface area contributed by atoms with Gasteiger partial charge in [0, 0.05) is 36.1 Å². The number of aromatic nitrogens is 1. The number of carbonyl (C=O) groups is 1. The number of carbonyl (C=O) groups excluding carboxylic acids is 1. The van der Waals surface area contributed by atoms with Gasteiger partial charge >= 0.3 is 0 Å². The van der Waals surface area contributed by atoms with Crippen LogP contribution in [0.4, 0.5) is 5.69 Å². The van der Waals surface area contributed by atoms with E-state index in [-0.39, 0.29) is 18.5 Å². The molecule has 6 rings (SSSR count). The van der Waals surface area contributed by atoms with Gasteiger partial charge in [0.25, 0.3) is 0 Å². The molecule has 190 valence electrons. The van der Waals surface area contributed by atoms with Crippen LogP contribution in [-0.2, 0) is 30.8 Å². The van der Waals surface area contributed by atoms with E-state index in [0.717, 1.165) is 33.5 Å². The van der Waals surface area contributed by atoms with Crippen LogP contribution in [0.5, 0.6) is 5.75 Å². The van der Waals surface area contributed by atoms with E-state index in [1.54, 1.807) is 0 Å². The Hall–Kier alpha value is -4.51. The van der Waals surface area contributed by atoms with E-state index < -0.39 is 0 Å². The topological polar surface area (TPSA) is 46.5 Å². The molecule has 0 saturated heterocycles. The molecule has 0 spiro atoms. The molecule has 0 aliphatic carbocycles. The van der Waals surface area contributed by atoms with E-state index in [0.29, 0.717) is 26.1 Å². The highest BCUT2D eigenvalue weighted by molar-refractivity contribution is 5.83. The second-order valence-corrected chi connectivity index (χ2v) is 9.80. The van der Waals surface area contributed by atoms with Gasteiger partial charge in [0.1, 0.15) is 18.9 Å². The van der Waals surface area contributed by atoms with Crippen LogP contribution in [0, 0.1) is 0 Å². The smallest absolute Gasteiger partial charge is 0.243 e. The van der Waals surface area contributed by atoms with Crippen LogP contribution < -0.4 is 10.1 Å². The normalized spacial score (nSPS) is 15.5. The maximum Gasteiger partial charge on any atom is 0.243 e. The molecule has 1 aliphatic heterocycles. The number of anilines is 1. The minimum absolute atomic E-state index is 0.0678. The van der Waals surface area contributed by atoms with Crippen LogP contribution >= 0.6 is 0 Å². The highest BCUT2D eigenvalue weighted by Crippen LogP contribution is 2.26. The molecule has 5 aromatic rings. The first-order valence-electron chi connectivity index (χ1n) is 13.1. The number of benzene rings is 4. The molecule has 2 heterocycles. The minimum Gasteiger partial charge on any atom is -0.491 e. The summed E-state index contributed by atoms with van der Waals surface area (Å²) < 4.78 is 8.49. The fraction of sp³-hybridized carbons (Fsp3) is 0.182. The third-order valence-corrected chi connectivity index (χ3v) is 7.29. The Bertz CT molecular complexity index is 1540. The number of hydrogen-bond donors (Lipinski definition) is 1. The van der Waals surface area contributed by atoms with Crippen molar-refractivity contribution in [1.29, 1.82) is 0 Å². The maximum atomic E-state index is 14.1. The second-order valence-electron chi connectivity index (χ2n) is 9.80. The average molecular weight is 502 g/mol. The number of fused-ring (bicyclic) bond motifs is 3. The summed E-state index contributed by atoms with van der Waals surface area (Å²) in [4.78, 5) is 16.2. The van der Waals surface area contributed by atoms with Gasteiger partial charge in [-0.05, 0) is 47.2 Å². The fourth-order valence-corrected chi connectivity index (χ4v) is 5.26. The number of para-hydroxylation sites is 3. The number of hydrogen-bond acceptors (Lipinski definition) is 3. The second kappa shape index (κ2) is 10.9. The van der Waals surface area contributed by atoms with Crippen molar-refractivity contribution in [2.24, 2.45) is 0 Å². The molecule has 1 N–H and O–H groups in total. The molecule has 0 bridgehead atoms. The van der Waals surface area contributed by atoms with Gasteiger partial charge in [-0.2, -0.15) is 0 Å². The summed E-state index contributed by atoms with van der Waals surface area (Å²) in [7, 11) is 0. The zero-order valence-corrected chi connectivity index (χ0v) is 21.3. The highest BCUT2D eigenvalue weighted by atomic mass is 16.5. The van der Waals surface area contributed by atoms with Crippen LogP contribution in [0.3, 0.4) is 0 Å². The molecule has 1 aliphatic rings. The molecular weight excluding hydrogens is 470 g/mol. The molecule has 5 nitrogen and oxygen atoms in total. The molecule has 1 amide bonds. The fourth-order valence-electron chi connectivity index (χ4n) is 5.26. The molecule has 0 saturated carbocycles. The van der Waals surface area contributed by atoms with E-state index in [4.69, 9.17) is 4.74 Å². The van der Waals surface area contributed by atoms with Crippen LogP contribution in [0.15, 0.2) is 115 Å². The summed E-state index contributed by atoms with van der Waals surface area (Å²) in [5.41, 5.74) is 5.47. The Labute approximate surface area is 223 Å². The van der Waals surface area contributed by atoms with Crippen molar-refractivity contribution in [1.82, 2.24) is 9.47 Å². The number of amides is 1. The molecule has 1 atom stereocenters. The quantitative estimate of drug-likeness (QED) is 0.315. The summed E-state index contributed by atoms with van der Waals surface area (Å²) in [6.07, 6.45) is 2.71. The third kappa shape index (κ3) is 5.14. The largest absolute Gasteiger partial charge is 0.491 e. The van der Waals surface area contributed by atoms with Crippen LogP contribution in [0.25, 0.3) is 10.9 Å². The Morgan fingerprint density at radius 1 is 0.816 bits per heavy atom. The van der Waals surface area contributed by atoms with Gasteiger partial charge in [0.05, 0.1) is 6.04 Å². The summed E-state index contributed by atoms with van der Waals surface area (Å²) in [5.74, 6) is 0.916.